The Labute approximate surface area is 169 Å². The summed E-state index contributed by atoms with van der Waals surface area (Å²) in [6.07, 6.45) is -4.84. The highest BCUT2D eigenvalue weighted by molar-refractivity contribution is 7.85. The Bertz CT molecular complexity index is 1030. The van der Waals surface area contributed by atoms with Gasteiger partial charge in [-0.3, -0.25) is 9.35 Å². The molecule has 0 aliphatic rings. The third-order valence-corrected chi connectivity index (χ3v) is 4.32. The topological polar surface area (TPSA) is 127 Å². The van der Waals surface area contributed by atoms with Gasteiger partial charge >= 0.3 is 6.18 Å². The molecule has 0 spiro atoms. The van der Waals surface area contributed by atoms with Crippen LogP contribution in [-0.2, 0) is 21.1 Å². The SMILES string of the molecule is CC(O)(CS(=O)(=O)O)C(=O)Nc1ccc(C#N)c(C(F)(F)F)c1.Fc1ccccc1. The maximum Gasteiger partial charge on any atom is 0.417 e. The third-order valence-electron chi connectivity index (χ3n) is 3.39. The largest absolute Gasteiger partial charge is 0.417 e. The van der Waals surface area contributed by atoms with Gasteiger partial charge in [0.2, 0.25) is 0 Å². The van der Waals surface area contributed by atoms with Crippen LogP contribution >= 0.6 is 0 Å². The fourth-order valence-corrected chi connectivity index (χ4v) is 2.90. The van der Waals surface area contributed by atoms with E-state index in [0.717, 1.165) is 19.1 Å². The van der Waals surface area contributed by atoms with E-state index in [1.54, 1.807) is 18.2 Å². The summed E-state index contributed by atoms with van der Waals surface area (Å²) in [7, 11) is -4.70. The molecule has 3 N–H and O–H groups in total. The molecule has 0 radical (unpaired) electrons. The van der Waals surface area contributed by atoms with Crippen molar-refractivity contribution in [1.29, 1.82) is 5.26 Å². The minimum Gasteiger partial charge on any atom is -0.379 e. The summed E-state index contributed by atoms with van der Waals surface area (Å²) in [6, 6.07) is 11.6. The summed E-state index contributed by atoms with van der Waals surface area (Å²) in [5.41, 5.74) is -4.94. The van der Waals surface area contributed by atoms with Gasteiger partial charge in [0.1, 0.15) is 11.6 Å². The Morgan fingerprint density at radius 2 is 1.73 bits per heavy atom. The Kier molecular flexibility index (Phi) is 8.06. The smallest absolute Gasteiger partial charge is 0.379 e. The van der Waals surface area contributed by atoms with Crippen molar-refractivity contribution in [3.8, 4) is 6.07 Å². The molecule has 1 amide bonds. The first-order valence-corrected chi connectivity index (χ1v) is 9.57. The zero-order valence-corrected chi connectivity index (χ0v) is 16.1. The van der Waals surface area contributed by atoms with Crippen molar-refractivity contribution in [2.24, 2.45) is 0 Å². The summed E-state index contributed by atoms with van der Waals surface area (Å²) >= 11 is 0. The number of carbonyl (C=O) groups is 1. The van der Waals surface area contributed by atoms with Crippen LogP contribution in [0.15, 0.2) is 48.5 Å². The molecule has 0 saturated heterocycles. The van der Waals surface area contributed by atoms with Crippen LogP contribution in [0.1, 0.15) is 18.1 Å². The molecule has 1 atom stereocenters. The number of aliphatic hydroxyl groups is 1. The molecule has 1 unspecified atom stereocenters. The van der Waals surface area contributed by atoms with Crippen molar-refractivity contribution in [3.63, 3.8) is 0 Å². The molecule has 12 heteroatoms. The van der Waals surface area contributed by atoms with Gasteiger partial charge in [0.15, 0.2) is 5.60 Å². The van der Waals surface area contributed by atoms with Gasteiger partial charge in [-0.25, -0.2) is 4.39 Å². The lowest BCUT2D eigenvalue weighted by Crippen LogP contribution is -2.45. The lowest BCUT2D eigenvalue weighted by molar-refractivity contribution is -0.137. The highest BCUT2D eigenvalue weighted by Crippen LogP contribution is 2.33. The van der Waals surface area contributed by atoms with Gasteiger partial charge in [-0.2, -0.15) is 26.9 Å². The molecule has 2 rings (SSSR count). The van der Waals surface area contributed by atoms with Crippen LogP contribution in [0.25, 0.3) is 0 Å². The highest BCUT2D eigenvalue weighted by atomic mass is 32.2. The average molecular weight is 448 g/mol. The minimum absolute atomic E-state index is 0.178. The number of hydrogen-bond acceptors (Lipinski definition) is 5. The van der Waals surface area contributed by atoms with Crippen LogP contribution in [-0.4, -0.2) is 35.3 Å². The number of rotatable bonds is 4. The maximum atomic E-state index is 12.8. The van der Waals surface area contributed by atoms with Crippen LogP contribution in [0.4, 0.5) is 23.2 Å². The quantitative estimate of drug-likeness (QED) is 0.488. The number of nitriles is 1. The summed E-state index contributed by atoms with van der Waals surface area (Å²) < 4.78 is 80.3. The van der Waals surface area contributed by atoms with Crippen molar-refractivity contribution < 1.29 is 40.4 Å². The number of benzene rings is 2. The van der Waals surface area contributed by atoms with Crippen LogP contribution in [0.3, 0.4) is 0 Å². The number of anilines is 1. The molecular weight excluding hydrogens is 432 g/mol. The molecule has 162 valence electrons. The van der Waals surface area contributed by atoms with E-state index in [2.05, 4.69) is 0 Å². The second-order valence-electron chi connectivity index (χ2n) is 6.12. The predicted molar refractivity (Wildman–Crippen MR) is 98.2 cm³/mol. The molecular formula is C18H16F4N2O5S. The Morgan fingerprint density at radius 1 is 1.17 bits per heavy atom. The van der Waals surface area contributed by atoms with Gasteiger partial charge < -0.3 is 10.4 Å². The molecule has 2 aromatic carbocycles. The van der Waals surface area contributed by atoms with Crippen LogP contribution < -0.4 is 5.32 Å². The first kappa shape index (κ1) is 25.0. The van der Waals surface area contributed by atoms with Crippen molar-refractivity contribution >= 4 is 21.7 Å². The Balaban J connectivity index is 0.000000539. The monoisotopic (exact) mass is 448 g/mol. The molecule has 2 aromatic rings. The van der Waals surface area contributed by atoms with Crippen LogP contribution in [0.2, 0.25) is 0 Å². The van der Waals surface area contributed by atoms with E-state index in [4.69, 9.17) is 9.81 Å². The van der Waals surface area contributed by atoms with Gasteiger partial charge in [-0.15, -0.1) is 0 Å². The molecule has 0 aliphatic carbocycles. The third kappa shape index (κ3) is 8.16. The van der Waals surface area contributed by atoms with Crippen molar-refractivity contribution in [3.05, 3.63) is 65.5 Å². The zero-order chi connectivity index (χ0) is 23.2. The van der Waals surface area contributed by atoms with Crippen molar-refractivity contribution in [2.75, 3.05) is 11.1 Å². The lowest BCUT2D eigenvalue weighted by atomic mass is 10.1. The summed E-state index contributed by atoms with van der Waals surface area (Å²) in [5.74, 6) is -2.86. The van der Waals surface area contributed by atoms with E-state index in [9.17, 15) is 35.9 Å². The van der Waals surface area contributed by atoms with Gasteiger partial charge in [0, 0.05) is 5.69 Å². The number of nitrogens with zero attached hydrogens (tertiary/aromatic N) is 1. The minimum atomic E-state index is -4.84. The second kappa shape index (κ2) is 9.66. The molecule has 0 heterocycles. The standard InChI is InChI=1S/C12H11F3N2O5S.C6H5F/c1-11(19,6-23(20,21)22)10(18)17-8-3-2-7(5-16)9(4-8)12(13,14)15;7-6-4-2-1-3-5-6/h2-4,19H,6H2,1H3,(H,17,18)(H,20,21,22);1-5H. The highest BCUT2D eigenvalue weighted by Gasteiger charge is 2.37. The summed E-state index contributed by atoms with van der Waals surface area (Å²) in [4.78, 5) is 11.7. The van der Waals surface area contributed by atoms with Crippen LogP contribution in [0.5, 0.6) is 0 Å². The maximum absolute atomic E-state index is 12.8. The summed E-state index contributed by atoms with van der Waals surface area (Å²) in [5, 5.41) is 20.2. The fraction of sp³-hybridized carbons (Fsp3) is 0.222. The predicted octanol–water partition coefficient (Wildman–Crippen LogP) is 2.98. The van der Waals surface area contributed by atoms with Gasteiger partial charge in [-0.1, -0.05) is 18.2 Å². The number of carbonyl (C=O) groups excluding carboxylic acids is 1. The van der Waals surface area contributed by atoms with E-state index in [1.165, 1.54) is 18.2 Å². The van der Waals surface area contributed by atoms with Gasteiger partial charge in [0.25, 0.3) is 16.0 Å². The van der Waals surface area contributed by atoms with E-state index in [0.29, 0.717) is 6.07 Å². The van der Waals surface area contributed by atoms with Gasteiger partial charge in [-0.05, 0) is 37.3 Å². The zero-order valence-electron chi connectivity index (χ0n) is 15.3. The normalized spacial score (nSPS) is 13.3. The first-order valence-electron chi connectivity index (χ1n) is 7.96. The number of alkyl halides is 3. The van der Waals surface area contributed by atoms with E-state index < -0.39 is 50.4 Å². The second-order valence-corrected chi connectivity index (χ2v) is 7.57. The van der Waals surface area contributed by atoms with E-state index in [1.807, 2.05) is 5.32 Å². The number of halogens is 4. The van der Waals surface area contributed by atoms with E-state index >= 15 is 0 Å². The Hall–Kier alpha value is -3.01. The van der Waals surface area contributed by atoms with Crippen molar-refractivity contribution in [2.45, 2.75) is 18.7 Å². The molecule has 0 aromatic heterocycles. The van der Waals surface area contributed by atoms with Crippen LogP contribution in [0, 0.1) is 17.1 Å². The van der Waals surface area contributed by atoms with E-state index in [-0.39, 0.29) is 5.82 Å². The van der Waals surface area contributed by atoms with Gasteiger partial charge in [0.05, 0.1) is 17.2 Å². The molecule has 0 bridgehead atoms. The number of nitrogens with one attached hydrogen (secondary N) is 1. The Morgan fingerprint density at radius 3 is 2.13 bits per heavy atom. The molecule has 0 fully saturated rings. The molecule has 0 saturated carbocycles. The molecule has 0 aliphatic heterocycles. The number of hydrogen-bond donors (Lipinski definition) is 3. The first-order chi connectivity index (χ1) is 13.7. The lowest BCUT2D eigenvalue weighted by Gasteiger charge is -2.21. The average Bonchev–Trinajstić information content (AvgIpc) is 2.60. The molecule has 30 heavy (non-hydrogen) atoms. The summed E-state index contributed by atoms with van der Waals surface area (Å²) in [6.45, 7) is 0.768. The van der Waals surface area contributed by atoms with Crippen molar-refractivity contribution in [1.82, 2.24) is 0 Å². The fourth-order valence-electron chi connectivity index (χ4n) is 2.06. The molecule has 7 nitrogen and oxygen atoms in total. The number of amides is 1.